The average Bonchev–Trinajstić information content (AvgIpc) is 2.58. The lowest BCUT2D eigenvalue weighted by Gasteiger charge is -2.44. The summed E-state index contributed by atoms with van der Waals surface area (Å²) in [5.74, 6) is 2.02. The topological polar surface area (TPSA) is 29.5 Å². The molecule has 1 aromatic rings. The predicted molar refractivity (Wildman–Crippen MR) is 92.6 cm³/mol. The third kappa shape index (κ3) is 4.27. The summed E-state index contributed by atoms with van der Waals surface area (Å²) in [6, 6.07) is 8.62. The number of carbonyl (C=O) groups excluding carboxylic acids is 1. The van der Waals surface area contributed by atoms with Crippen molar-refractivity contribution < 1.29 is 9.53 Å². The fraction of sp³-hybridized carbons (Fsp3) is 0.650. The number of amides is 1. The van der Waals surface area contributed by atoms with E-state index >= 15 is 0 Å². The molecule has 0 spiro atoms. The summed E-state index contributed by atoms with van der Waals surface area (Å²) in [6.45, 7) is 3.66. The van der Waals surface area contributed by atoms with Gasteiger partial charge in [0.25, 0.3) is 0 Å². The number of hydrogen-bond donors (Lipinski definition) is 0. The first-order valence-electron chi connectivity index (χ1n) is 9.23. The molecule has 2 unspecified atom stereocenters. The molecule has 3 rings (SSSR count). The van der Waals surface area contributed by atoms with Crippen molar-refractivity contribution in [2.75, 3.05) is 13.2 Å². The Labute approximate surface area is 140 Å². The van der Waals surface area contributed by atoms with Crippen molar-refractivity contribution in [3.63, 3.8) is 0 Å². The van der Waals surface area contributed by atoms with Crippen LogP contribution in [0.5, 0.6) is 5.75 Å². The fourth-order valence-electron chi connectivity index (χ4n) is 4.20. The Balaban J connectivity index is 1.43. The van der Waals surface area contributed by atoms with E-state index in [1.807, 2.05) is 18.2 Å². The van der Waals surface area contributed by atoms with Crippen LogP contribution < -0.4 is 4.74 Å². The van der Waals surface area contributed by atoms with E-state index in [0.717, 1.165) is 24.6 Å². The molecule has 0 N–H and O–H groups in total. The average molecular weight is 315 g/mol. The molecule has 3 heteroatoms. The molecule has 126 valence electrons. The van der Waals surface area contributed by atoms with Crippen molar-refractivity contribution >= 4 is 5.91 Å². The van der Waals surface area contributed by atoms with E-state index < -0.39 is 0 Å². The zero-order chi connectivity index (χ0) is 16.1. The van der Waals surface area contributed by atoms with Gasteiger partial charge < -0.3 is 9.64 Å². The van der Waals surface area contributed by atoms with Crippen molar-refractivity contribution in [1.29, 1.82) is 0 Å². The summed E-state index contributed by atoms with van der Waals surface area (Å²) in [4.78, 5) is 14.8. The minimum absolute atomic E-state index is 0.342. The number of likely N-dealkylation sites (tertiary alicyclic amines) is 1. The van der Waals surface area contributed by atoms with Crippen LogP contribution in [0.25, 0.3) is 0 Å². The van der Waals surface area contributed by atoms with Crippen LogP contribution in [0, 0.1) is 12.8 Å². The van der Waals surface area contributed by atoms with Gasteiger partial charge in [0.1, 0.15) is 5.75 Å². The Bertz CT molecular complexity index is 526. The molecule has 1 aliphatic carbocycles. The number of aryl methyl sites for hydroxylation is 1. The number of ether oxygens (including phenoxy) is 1. The third-order valence-electron chi connectivity index (χ3n) is 5.36. The molecule has 0 aromatic heterocycles. The van der Waals surface area contributed by atoms with Crippen LogP contribution in [0.2, 0.25) is 0 Å². The summed E-state index contributed by atoms with van der Waals surface area (Å²) in [5, 5.41) is 0. The first-order valence-corrected chi connectivity index (χ1v) is 9.23. The van der Waals surface area contributed by atoms with Crippen molar-refractivity contribution in [2.24, 2.45) is 5.92 Å². The molecular weight excluding hydrogens is 286 g/mol. The maximum absolute atomic E-state index is 12.6. The van der Waals surface area contributed by atoms with E-state index in [2.05, 4.69) is 17.9 Å². The lowest BCUT2D eigenvalue weighted by molar-refractivity contribution is -0.137. The molecule has 2 atom stereocenters. The van der Waals surface area contributed by atoms with Gasteiger partial charge >= 0.3 is 0 Å². The van der Waals surface area contributed by atoms with E-state index in [1.165, 1.54) is 44.1 Å². The lowest BCUT2D eigenvalue weighted by Crippen LogP contribution is -2.49. The number of nitrogens with zero attached hydrogens (tertiary/aromatic N) is 1. The van der Waals surface area contributed by atoms with Crippen molar-refractivity contribution in [1.82, 2.24) is 4.90 Å². The highest BCUT2D eigenvalue weighted by molar-refractivity contribution is 5.76. The van der Waals surface area contributed by atoms with E-state index in [4.69, 9.17) is 4.74 Å². The Morgan fingerprint density at radius 1 is 1.22 bits per heavy atom. The molecule has 1 heterocycles. The first kappa shape index (κ1) is 16.4. The standard InChI is InChI=1S/C20H29NO2/c1-16-7-4-10-18(15-16)23-14-6-12-20(22)21-13-5-9-17-8-2-3-11-19(17)21/h4,7,10,15,17,19H,2-3,5-6,8-9,11-14H2,1H3. The number of piperidine rings is 1. The Hall–Kier alpha value is -1.51. The second-order valence-electron chi connectivity index (χ2n) is 7.11. The predicted octanol–water partition coefficient (Wildman–Crippen LogP) is 4.34. The van der Waals surface area contributed by atoms with E-state index in [1.54, 1.807) is 0 Å². The Kier molecular flexibility index (Phi) is 5.58. The van der Waals surface area contributed by atoms with Gasteiger partial charge in [-0.1, -0.05) is 25.0 Å². The molecule has 1 amide bonds. The third-order valence-corrected chi connectivity index (χ3v) is 5.36. The van der Waals surface area contributed by atoms with Gasteiger partial charge in [0.15, 0.2) is 0 Å². The molecule has 2 fully saturated rings. The van der Waals surface area contributed by atoms with Gasteiger partial charge in [-0.2, -0.15) is 0 Å². The lowest BCUT2D eigenvalue weighted by atomic mass is 9.78. The number of hydrogen-bond acceptors (Lipinski definition) is 2. The summed E-state index contributed by atoms with van der Waals surface area (Å²) < 4.78 is 5.76. The highest BCUT2D eigenvalue weighted by Gasteiger charge is 2.35. The molecule has 1 aliphatic heterocycles. The van der Waals surface area contributed by atoms with Crippen LogP contribution in [0.3, 0.4) is 0 Å². The maximum atomic E-state index is 12.6. The van der Waals surface area contributed by atoms with Gasteiger partial charge in [0, 0.05) is 19.0 Å². The molecular formula is C20H29NO2. The van der Waals surface area contributed by atoms with Gasteiger partial charge in [-0.05, 0) is 62.6 Å². The minimum Gasteiger partial charge on any atom is -0.494 e. The van der Waals surface area contributed by atoms with Crippen LogP contribution in [0.4, 0.5) is 0 Å². The van der Waals surface area contributed by atoms with E-state index in [9.17, 15) is 4.79 Å². The van der Waals surface area contributed by atoms with Crippen LogP contribution in [0.15, 0.2) is 24.3 Å². The largest absolute Gasteiger partial charge is 0.494 e. The van der Waals surface area contributed by atoms with Gasteiger partial charge in [-0.15, -0.1) is 0 Å². The number of rotatable bonds is 5. The molecule has 1 saturated heterocycles. The van der Waals surface area contributed by atoms with Crippen LogP contribution >= 0.6 is 0 Å². The van der Waals surface area contributed by atoms with Crippen molar-refractivity contribution in [3.05, 3.63) is 29.8 Å². The molecule has 1 saturated carbocycles. The van der Waals surface area contributed by atoms with Crippen molar-refractivity contribution in [2.45, 2.75) is 64.3 Å². The smallest absolute Gasteiger partial charge is 0.222 e. The zero-order valence-corrected chi connectivity index (χ0v) is 14.3. The highest BCUT2D eigenvalue weighted by atomic mass is 16.5. The molecule has 3 nitrogen and oxygen atoms in total. The summed E-state index contributed by atoms with van der Waals surface area (Å²) in [7, 11) is 0. The number of carbonyl (C=O) groups is 1. The SMILES string of the molecule is Cc1cccc(OCCCC(=O)N2CCCC3CCCCC32)c1. The van der Waals surface area contributed by atoms with Crippen LogP contribution in [-0.4, -0.2) is 30.0 Å². The number of fused-ring (bicyclic) bond motifs is 1. The maximum Gasteiger partial charge on any atom is 0.222 e. The van der Waals surface area contributed by atoms with Gasteiger partial charge in [-0.25, -0.2) is 0 Å². The summed E-state index contributed by atoms with van der Waals surface area (Å²) in [6.07, 6.45) is 9.13. The summed E-state index contributed by atoms with van der Waals surface area (Å²) in [5.41, 5.74) is 1.20. The second-order valence-corrected chi connectivity index (χ2v) is 7.11. The van der Waals surface area contributed by atoms with Crippen molar-refractivity contribution in [3.8, 4) is 5.75 Å². The molecule has 0 radical (unpaired) electrons. The first-order chi connectivity index (χ1) is 11.2. The monoisotopic (exact) mass is 315 g/mol. The quantitative estimate of drug-likeness (QED) is 0.757. The number of benzene rings is 1. The molecule has 1 aromatic carbocycles. The van der Waals surface area contributed by atoms with Gasteiger partial charge in [0.2, 0.25) is 5.91 Å². The van der Waals surface area contributed by atoms with Crippen LogP contribution in [0.1, 0.15) is 56.9 Å². The fourth-order valence-corrected chi connectivity index (χ4v) is 4.20. The summed E-state index contributed by atoms with van der Waals surface area (Å²) >= 11 is 0. The highest BCUT2D eigenvalue weighted by Crippen LogP contribution is 2.35. The molecule has 0 bridgehead atoms. The normalized spacial score (nSPS) is 24.1. The van der Waals surface area contributed by atoms with Crippen LogP contribution in [-0.2, 0) is 4.79 Å². The second kappa shape index (κ2) is 7.85. The van der Waals surface area contributed by atoms with E-state index in [-0.39, 0.29) is 0 Å². The molecule has 2 aliphatic rings. The Morgan fingerprint density at radius 2 is 2.04 bits per heavy atom. The van der Waals surface area contributed by atoms with Gasteiger partial charge in [-0.3, -0.25) is 4.79 Å². The van der Waals surface area contributed by atoms with E-state index in [0.29, 0.717) is 25.0 Å². The van der Waals surface area contributed by atoms with Gasteiger partial charge in [0.05, 0.1) is 6.61 Å². The molecule has 23 heavy (non-hydrogen) atoms. The zero-order valence-electron chi connectivity index (χ0n) is 14.3. The Morgan fingerprint density at radius 3 is 2.91 bits per heavy atom. The minimum atomic E-state index is 0.342.